The van der Waals surface area contributed by atoms with Gasteiger partial charge in [0.2, 0.25) is 0 Å². The van der Waals surface area contributed by atoms with E-state index in [1.54, 1.807) is 12.4 Å². The molecule has 2 aromatic heterocycles. The number of nitrogens with one attached hydrogen (secondary N) is 1. The van der Waals surface area contributed by atoms with E-state index < -0.39 is 0 Å². The minimum Gasteiger partial charge on any atom is -0.378 e. The van der Waals surface area contributed by atoms with Crippen LogP contribution in [0, 0.1) is 11.3 Å². The third-order valence-corrected chi connectivity index (χ3v) is 2.99. The highest BCUT2D eigenvalue weighted by atomic mass is 15.1. The molecule has 0 fully saturated rings. The van der Waals surface area contributed by atoms with Gasteiger partial charge in [0, 0.05) is 24.3 Å². The van der Waals surface area contributed by atoms with Crippen molar-refractivity contribution in [2.24, 2.45) is 0 Å². The molecule has 2 heterocycles. The second-order valence-corrected chi connectivity index (χ2v) is 4.26. The molecule has 0 saturated heterocycles. The number of benzene rings is 1. The molecule has 5 nitrogen and oxygen atoms in total. The molecule has 5 heteroatoms. The third kappa shape index (κ3) is 2.27. The Morgan fingerprint density at radius 3 is 2.65 bits per heavy atom. The Labute approximate surface area is 115 Å². The number of pyridine rings is 1. The van der Waals surface area contributed by atoms with Crippen molar-refractivity contribution in [3.63, 3.8) is 0 Å². The fourth-order valence-electron chi connectivity index (χ4n) is 2.00. The molecule has 0 aliphatic rings. The SMILES string of the molecule is N#Cc1nnc2ccccc2c1NCc1ccncc1. The van der Waals surface area contributed by atoms with Crippen LogP contribution in [-0.2, 0) is 6.54 Å². The van der Waals surface area contributed by atoms with Crippen molar-refractivity contribution in [3.05, 3.63) is 60.0 Å². The number of nitrogens with zero attached hydrogens (tertiary/aromatic N) is 4. The van der Waals surface area contributed by atoms with E-state index in [2.05, 4.69) is 26.6 Å². The maximum absolute atomic E-state index is 9.17. The van der Waals surface area contributed by atoms with Gasteiger partial charge in [-0.15, -0.1) is 10.2 Å². The Morgan fingerprint density at radius 2 is 1.85 bits per heavy atom. The van der Waals surface area contributed by atoms with Gasteiger partial charge in [0.15, 0.2) is 5.69 Å². The summed E-state index contributed by atoms with van der Waals surface area (Å²) >= 11 is 0. The lowest BCUT2D eigenvalue weighted by Gasteiger charge is -2.10. The highest BCUT2D eigenvalue weighted by Gasteiger charge is 2.09. The van der Waals surface area contributed by atoms with Crippen molar-refractivity contribution in [1.29, 1.82) is 5.26 Å². The smallest absolute Gasteiger partial charge is 0.186 e. The van der Waals surface area contributed by atoms with E-state index in [1.165, 1.54) is 0 Å². The maximum Gasteiger partial charge on any atom is 0.186 e. The molecule has 3 rings (SSSR count). The van der Waals surface area contributed by atoms with Gasteiger partial charge in [-0.1, -0.05) is 18.2 Å². The minimum atomic E-state index is 0.303. The summed E-state index contributed by atoms with van der Waals surface area (Å²) in [6.07, 6.45) is 3.48. The summed E-state index contributed by atoms with van der Waals surface area (Å²) in [7, 11) is 0. The summed E-state index contributed by atoms with van der Waals surface area (Å²) in [5.74, 6) is 0. The van der Waals surface area contributed by atoms with Crippen LogP contribution in [0.1, 0.15) is 11.3 Å². The molecule has 1 aromatic carbocycles. The van der Waals surface area contributed by atoms with Crippen molar-refractivity contribution in [2.45, 2.75) is 6.54 Å². The average Bonchev–Trinajstić information content (AvgIpc) is 2.53. The zero-order valence-electron chi connectivity index (χ0n) is 10.6. The second kappa shape index (κ2) is 5.33. The molecule has 96 valence electrons. The van der Waals surface area contributed by atoms with Gasteiger partial charge in [0.25, 0.3) is 0 Å². The van der Waals surface area contributed by atoms with E-state index in [0.717, 1.165) is 22.2 Å². The van der Waals surface area contributed by atoms with Crippen LogP contribution in [0.15, 0.2) is 48.8 Å². The Morgan fingerprint density at radius 1 is 1.05 bits per heavy atom. The van der Waals surface area contributed by atoms with Crippen LogP contribution in [0.5, 0.6) is 0 Å². The molecule has 0 unspecified atom stereocenters. The van der Waals surface area contributed by atoms with Crippen LogP contribution in [0.4, 0.5) is 5.69 Å². The first-order chi connectivity index (χ1) is 9.88. The largest absolute Gasteiger partial charge is 0.378 e. The molecule has 0 bridgehead atoms. The van der Waals surface area contributed by atoms with E-state index in [9.17, 15) is 5.26 Å². The number of fused-ring (bicyclic) bond motifs is 1. The van der Waals surface area contributed by atoms with Gasteiger partial charge in [-0.25, -0.2) is 0 Å². The van der Waals surface area contributed by atoms with Crippen molar-refractivity contribution >= 4 is 16.6 Å². The van der Waals surface area contributed by atoms with Crippen molar-refractivity contribution in [2.75, 3.05) is 5.32 Å². The summed E-state index contributed by atoms with van der Waals surface area (Å²) in [6, 6.07) is 13.6. The predicted molar refractivity (Wildman–Crippen MR) is 75.8 cm³/mol. The van der Waals surface area contributed by atoms with Crippen LogP contribution < -0.4 is 5.32 Å². The van der Waals surface area contributed by atoms with Crippen molar-refractivity contribution in [3.8, 4) is 6.07 Å². The van der Waals surface area contributed by atoms with Crippen LogP contribution in [0.2, 0.25) is 0 Å². The summed E-state index contributed by atoms with van der Waals surface area (Å²) in [4.78, 5) is 3.98. The number of aromatic nitrogens is 3. The number of anilines is 1. The van der Waals surface area contributed by atoms with Gasteiger partial charge in [-0.05, 0) is 23.8 Å². The standard InChI is InChI=1S/C15H11N5/c16-9-14-15(18-10-11-5-7-17-8-6-11)12-3-1-2-4-13(12)19-20-14/h1-8H,10H2,(H,18,19). The first-order valence-electron chi connectivity index (χ1n) is 6.17. The molecule has 1 N–H and O–H groups in total. The summed E-state index contributed by atoms with van der Waals surface area (Å²) in [5, 5.41) is 21.3. The zero-order valence-corrected chi connectivity index (χ0v) is 10.6. The molecule has 0 amide bonds. The highest BCUT2D eigenvalue weighted by molar-refractivity contribution is 5.92. The molecule has 0 saturated carbocycles. The van der Waals surface area contributed by atoms with Gasteiger partial charge < -0.3 is 5.32 Å². The van der Waals surface area contributed by atoms with Crippen LogP contribution >= 0.6 is 0 Å². The Kier molecular flexibility index (Phi) is 3.21. The topological polar surface area (TPSA) is 74.5 Å². The molecular weight excluding hydrogens is 250 g/mol. The van der Waals surface area contributed by atoms with Crippen LogP contribution in [0.25, 0.3) is 10.9 Å². The lowest BCUT2D eigenvalue weighted by Crippen LogP contribution is -2.04. The average molecular weight is 261 g/mol. The monoisotopic (exact) mass is 261 g/mol. The van der Waals surface area contributed by atoms with Gasteiger partial charge in [0.1, 0.15) is 6.07 Å². The lowest BCUT2D eigenvalue weighted by atomic mass is 10.1. The van der Waals surface area contributed by atoms with E-state index in [1.807, 2.05) is 36.4 Å². The van der Waals surface area contributed by atoms with Gasteiger partial charge in [-0.2, -0.15) is 5.26 Å². The summed E-state index contributed by atoms with van der Waals surface area (Å²) in [6.45, 7) is 0.604. The first-order valence-corrected chi connectivity index (χ1v) is 6.17. The van der Waals surface area contributed by atoms with E-state index in [0.29, 0.717) is 12.2 Å². The Balaban J connectivity index is 1.99. The second-order valence-electron chi connectivity index (χ2n) is 4.26. The quantitative estimate of drug-likeness (QED) is 0.784. The number of rotatable bonds is 3. The Bertz CT molecular complexity index is 777. The highest BCUT2D eigenvalue weighted by Crippen LogP contribution is 2.24. The fourth-order valence-corrected chi connectivity index (χ4v) is 2.00. The third-order valence-electron chi connectivity index (χ3n) is 2.99. The zero-order chi connectivity index (χ0) is 13.8. The van der Waals surface area contributed by atoms with E-state index >= 15 is 0 Å². The van der Waals surface area contributed by atoms with Gasteiger partial charge >= 0.3 is 0 Å². The predicted octanol–water partition coefficient (Wildman–Crippen LogP) is 2.51. The number of nitriles is 1. The molecule has 0 spiro atoms. The minimum absolute atomic E-state index is 0.303. The molecular formula is C15H11N5. The van der Waals surface area contributed by atoms with E-state index in [4.69, 9.17) is 0 Å². The fraction of sp³-hybridized carbons (Fsp3) is 0.0667. The van der Waals surface area contributed by atoms with Crippen molar-refractivity contribution in [1.82, 2.24) is 15.2 Å². The molecule has 0 radical (unpaired) electrons. The maximum atomic E-state index is 9.17. The summed E-state index contributed by atoms with van der Waals surface area (Å²) in [5.41, 5.74) is 2.88. The molecule has 0 atom stereocenters. The van der Waals surface area contributed by atoms with E-state index in [-0.39, 0.29) is 0 Å². The lowest BCUT2D eigenvalue weighted by molar-refractivity contribution is 1.04. The van der Waals surface area contributed by atoms with Crippen LogP contribution in [0.3, 0.4) is 0 Å². The number of hydrogen-bond donors (Lipinski definition) is 1. The first kappa shape index (κ1) is 12.1. The summed E-state index contributed by atoms with van der Waals surface area (Å²) < 4.78 is 0. The van der Waals surface area contributed by atoms with Gasteiger partial charge in [-0.3, -0.25) is 4.98 Å². The molecule has 0 aliphatic carbocycles. The van der Waals surface area contributed by atoms with Gasteiger partial charge in [0.05, 0.1) is 11.2 Å². The molecule has 0 aliphatic heterocycles. The van der Waals surface area contributed by atoms with Crippen molar-refractivity contribution < 1.29 is 0 Å². The molecule has 3 aromatic rings. The molecule has 20 heavy (non-hydrogen) atoms. The Hall–Kier alpha value is -3.00. The normalized spacial score (nSPS) is 10.2. The van der Waals surface area contributed by atoms with Crippen LogP contribution in [-0.4, -0.2) is 15.2 Å². The number of hydrogen-bond acceptors (Lipinski definition) is 5.